The summed E-state index contributed by atoms with van der Waals surface area (Å²) in [5.74, 6) is 1.98. The zero-order valence-corrected chi connectivity index (χ0v) is 17.3. The summed E-state index contributed by atoms with van der Waals surface area (Å²) in [5, 5.41) is 3.77. The molecule has 2 aromatic carbocycles. The molecule has 7 nitrogen and oxygen atoms in total. The SMILES string of the molecule is COc1cc(OCCN(C)OC)cnc1COc1ccc2oc3ccccc3c2c1. The van der Waals surface area contributed by atoms with Crippen molar-refractivity contribution < 1.29 is 23.5 Å². The number of hydrogen-bond donors (Lipinski definition) is 0. The van der Waals surface area contributed by atoms with Gasteiger partial charge < -0.3 is 23.5 Å². The van der Waals surface area contributed by atoms with E-state index in [2.05, 4.69) is 4.98 Å². The maximum atomic E-state index is 5.98. The van der Waals surface area contributed by atoms with Crippen LogP contribution in [0.5, 0.6) is 17.2 Å². The number of rotatable bonds is 9. The Balaban J connectivity index is 1.45. The van der Waals surface area contributed by atoms with E-state index in [0.717, 1.165) is 27.7 Å². The van der Waals surface area contributed by atoms with E-state index in [4.69, 9.17) is 23.5 Å². The summed E-state index contributed by atoms with van der Waals surface area (Å²) in [6.07, 6.45) is 1.67. The molecule has 0 unspecified atom stereocenters. The van der Waals surface area contributed by atoms with Gasteiger partial charge in [0.1, 0.15) is 47.3 Å². The molecule has 0 fully saturated rings. The third-order valence-electron chi connectivity index (χ3n) is 4.84. The maximum Gasteiger partial charge on any atom is 0.147 e. The number of para-hydroxylation sites is 1. The Hall–Kier alpha value is -3.29. The topological polar surface area (TPSA) is 66.2 Å². The van der Waals surface area contributed by atoms with Crippen LogP contribution in [0.25, 0.3) is 21.9 Å². The van der Waals surface area contributed by atoms with E-state index in [1.54, 1.807) is 25.5 Å². The van der Waals surface area contributed by atoms with Gasteiger partial charge in [-0.25, -0.2) is 4.98 Å². The summed E-state index contributed by atoms with van der Waals surface area (Å²) in [6, 6.07) is 15.6. The molecule has 0 aliphatic rings. The first-order valence-corrected chi connectivity index (χ1v) is 9.63. The molecule has 7 heteroatoms. The predicted octanol–water partition coefficient (Wildman–Crippen LogP) is 4.44. The molecule has 0 aliphatic carbocycles. The van der Waals surface area contributed by atoms with Crippen LogP contribution in [0.4, 0.5) is 0 Å². The normalized spacial score (nSPS) is 11.3. The Morgan fingerprint density at radius 1 is 0.933 bits per heavy atom. The molecule has 4 aromatic rings. The molecule has 0 atom stereocenters. The van der Waals surface area contributed by atoms with Crippen LogP contribution in [-0.4, -0.2) is 44.5 Å². The van der Waals surface area contributed by atoms with Crippen LogP contribution in [0, 0.1) is 0 Å². The Bertz CT molecular complexity index is 1140. The second-order valence-corrected chi connectivity index (χ2v) is 6.75. The van der Waals surface area contributed by atoms with Gasteiger partial charge in [-0.15, -0.1) is 0 Å². The van der Waals surface area contributed by atoms with Gasteiger partial charge in [-0.05, 0) is 24.3 Å². The quantitative estimate of drug-likeness (QED) is 0.379. The van der Waals surface area contributed by atoms with Crippen molar-refractivity contribution in [3.05, 3.63) is 60.4 Å². The molecule has 0 saturated carbocycles. The zero-order chi connectivity index (χ0) is 20.9. The standard InChI is InChI=1S/C23H24N2O5/c1-25(27-3)10-11-28-17-13-23(26-2)20(24-14-17)15-29-16-8-9-22-19(12-16)18-6-4-5-7-21(18)30-22/h4-9,12-14H,10-11,15H2,1-3H3. The lowest BCUT2D eigenvalue weighted by Crippen LogP contribution is -2.23. The Morgan fingerprint density at radius 3 is 2.60 bits per heavy atom. The van der Waals surface area contributed by atoms with Crippen molar-refractivity contribution in [2.24, 2.45) is 0 Å². The molecule has 0 amide bonds. The molecule has 0 N–H and O–H groups in total. The minimum absolute atomic E-state index is 0.275. The molecular formula is C23H24N2O5. The Morgan fingerprint density at radius 2 is 1.77 bits per heavy atom. The number of nitrogens with zero attached hydrogens (tertiary/aromatic N) is 2. The molecule has 0 radical (unpaired) electrons. The molecule has 30 heavy (non-hydrogen) atoms. The van der Waals surface area contributed by atoms with E-state index >= 15 is 0 Å². The number of hydroxylamine groups is 2. The summed E-state index contributed by atoms with van der Waals surface area (Å²) < 4.78 is 23.0. The van der Waals surface area contributed by atoms with Gasteiger partial charge >= 0.3 is 0 Å². The zero-order valence-electron chi connectivity index (χ0n) is 17.3. The molecule has 0 spiro atoms. The number of fused-ring (bicyclic) bond motifs is 3. The van der Waals surface area contributed by atoms with Crippen LogP contribution in [0.3, 0.4) is 0 Å². The van der Waals surface area contributed by atoms with E-state index < -0.39 is 0 Å². The molecule has 156 valence electrons. The van der Waals surface area contributed by atoms with E-state index in [9.17, 15) is 0 Å². The van der Waals surface area contributed by atoms with E-state index in [0.29, 0.717) is 30.3 Å². The average molecular weight is 408 g/mol. The molecule has 4 rings (SSSR count). The first-order chi connectivity index (χ1) is 14.7. The number of methoxy groups -OCH3 is 1. The van der Waals surface area contributed by atoms with Crippen LogP contribution in [0.1, 0.15) is 5.69 Å². The van der Waals surface area contributed by atoms with Crippen LogP contribution >= 0.6 is 0 Å². The highest BCUT2D eigenvalue weighted by molar-refractivity contribution is 6.05. The van der Waals surface area contributed by atoms with E-state index in [1.165, 1.54) is 0 Å². The number of likely N-dealkylation sites (N-methyl/N-ethyl adjacent to an activating group) is 1. The van der Waals surface area contributed by atoms with Crippen LogP contribution in [0.2, 0.25) is 0 Å². The van der Waals surface area contributed by atoms with Crippen LogP contribution < -0.4 is 14.2 Å². The van der Waals surface area contributed by atoms with E-state index in [1.807, 2.05) is 55.6 Å². The summed E-state index contributed by atoms with van der Waals surface area (Å²) in [6.45, 7) is 1.38. The highest BCUT2D eigenvalue weighted by atomic mass is 16.7. The second-order valence-electron chi connectivity index (χ2n) is 6.75. The maximum absolute atomic E-state index is 5.98. The molecular weight excluding hydrogens is 384 g/mol. The summed E-state index contributed by atoms with van der Waals surface area (Å²) in [5.41, 5.74) is 2.39. The van der Waals surface area contributed by atoms with Gasteiger partial charge in [0.15, 0.2) is 0 Å². The molecule has 0 bridgehead atoms. The third-order valence-corrected chi connectivity index (χ3v) is 4.84. The van der Waals surface area contributed by atoms with Crippen molar-refractivity contribution in [1.29, 1.82) is 0 Å². The lowest BCUT2D eigenvalue weighted by atomic mass is 10.1. The lowest BCUT2D eigenvalue weighted by molar-refractivity contribution is -0.113. The number of benzene rings is 2. The largest absolute Gasteiger partial charge is 0.495 e. The van der Waals surface area contributed by atoms with E-state index in [-0.39, 0.29) is 6.61 Å². The fourth-order valence-corrected chi connectivity index (χ4v) is 3.15. The monoisotopic (exact) mass is 408 g/mol. The van der Waals surface area contributed by atoms with Crippen molar-refractivity contribution in [2.45, 2.75) is 6.61 Å². The fourth-order valence-electron chi connectivity index (χ4n) is 3.15. The third kappa shape index (κ3) is 4.32. The van der Waals surface area contributed by atoms with Gasteiger partial charge in [-0.1, -0.05) is 18.2 Å². The molecule has 0 aliphatic heterocycles. The van der Waals surface area contributed by atoms with Gasteiger partial charge in [0.05, 0.1) is 27.0 Å². The van der Waals surface area contributed by atoms with Gasteiger partial charge in [-0.3, -0.25) is 0 Å². The highest BCUT2D eigenvalue weighted by Crippen LogP contribution is 2.32. The average Bonchev–Trinajstić information content (AvgIpc) is 3.15. The van der Waals surface area contributed by atoms with Crippen LogP contribution in [-0.2, 0) is 11.4 Å². The summed E-state index contributed by atoms with van der Waals surface area (Å²) >= 11 is 0. The summed E-state index contributed by atoms with van der Waals surface area (Å²) in [7, 11) is 5.06. The van der Waals surface area contributed by atoms with Gasteiger partial charge in [-0.2, -0.15) is 5.06 Å². The number of ether oxygens (including phenoxy) is 3. The Labute approximate surface area is 174 Å². The molecule has 0 saturated heterocycles. The van der Waals surface area contributed by atoms with Crippen molar-refractivity contribution in [1.82, 2.24) is 10.0 Å². The smallest absolute Gasteiger partial charge is 0.147 e. The summed E-state index contributed by atoms with van der Waals surface area (Å²) in [4.78, 5) is 9.51. The van der Waals surface area contributed by atoms with Crippen molar-refractivity contribution in [3.63, 3.8) is 0 Å². The predicted molar refractivity (Wildman–Crippen MR) is 114 cm³/mol. The van der Waals surface area contributed by atoms with Gasteiger partial charge in [0.25, 0.3) is 0 Å². The second kappa shape index (κ2) is 9.02. The number of furan rings is 1. The fraction of sp³-hybridized carbons (Fsp3) is 0.261. The molecule has 2 heterocycles. The highest BCUT2D eigenvalue weighted by Gasteiger charge is 2.11. The number of pyridine rings is 1. The van der Waals surface area contributed by atoms with Crippen molar-refractivity contribution in [2.75, 3.05) is 34.4 Å². The van der Waals surface area contributed by atoms with Gasteiger partial charge in [0, 0.05) is 23.9 Å². The Kier molecular flexibility index (Phi) is 6.02. The molecule has 2 aromatic heterocycles. The minimum Gasteiger partial charge on any atom is -0.495 e. The first kappa shape index (κ1) is 20.0. The number of hydrogen-bond acceptors (Lipinski definition) is 7. The van der Waals surface area contributed by atoms with Gasteiger partial charge in [0.2, 0.25) is 0 Å². The first-order valence-electron chi connectivity index (χ1n) is 9.63. The van der Waals surface area contributed by atoms with Crippen molar-refractivity contribution in [3.8, 4) is 17.2 Å². The minimum atomic E-state index is 0.275. The van der Waals surface area contributed by atoms with Crippen LogP contribution in [0.15, 0.2) is 59.1 Å². The lowest BCUT2D eigenvalue weighted by Gasteiger charge is -2.15. The number of aromatic nitrogens is 1. The van der Waals surface area contributed by atoms with Crippen molar-refractivity contribution >= 4 is 21.9 Å².